The molecular formula is C16H18N2O3. The van der Waals surface area contributed by atoms with Crippen LogP contribution < -0.4 is 4.90 Å². The van der Waals surface area contributed by atoms with Gasteiger partial charge in [0.2, 0.25) is 0 Å². The fraction of sp³-hybridized carbons (Fsp3) is 0.375. The number of pyridine rings is 1. The molecule has 0 spiro atoms. The smallest absolute Gasteiger partial charge is 0.309 e. The van der Waals surface area contributed by atoms with Crippen LogP contribution in [-0.2, 0) is 20.7 Å². The van der Waals surface area contributed by atoms with E-state index in [9.17, 15) is 4.79 Å². The highest BCUT2D eigenvalue weighted by molar-refractivity contribution is 5.84. The molecule has 1 aromatic heterocycles. The quantitative estimate of drug-likeness (QED) is 0.805. The first-order valence-electron chi connectivity index (χ1n) is 7.04. The molecule has 1 aliphatic heterocycles. The molecule has 0 N–H and O–H groups in total. The molecule has 3 rings (SSSR count). The zero-order chi connectivity index (χ0) is 14.7. The lowest BCUT2D eigenvalue weighted by atomic mass is 10.1. The Bertz CT molecular complexity index is 651. The Labute approximate surface area is 123 Å². The van der Waals surface area contributed by atoms with Gasteiger partial charge in [0.05, 0.1) is 44.1 Å². The monoisotopic (exact) mass is 286 g/mol. The summed E-state index contributed by atoms with van der Waals surface area (Å²) >= 11 is 0. The van der Waals surface area contributed by atoms with Crippen LogP contribution in [0.2, 0.25) is 0 Å². The van der Waals surface area contributed by atoms with Gasteiger partial charge in [-0.25, -0.2) is 0 Å². The van der Waals surface area contributed by atoms with Crippen molar-refractivity contribution in [3.05, 3.63) is 36.0 Å². The minimum absolute atomic E-state index is 0.230. The molecular weight excluding hydrogens is 268 g/mol. The van der Waals surface area contributed by atoms with Gasteiger partial charge in [-0.2, -0.15) is 0 Å². The summed E-state index contributed by atoms with van der Waals surface area (Å²) in [6, 6.07) is 7.98. The lowest BCUT2D eigenvalue weighted by molar-refractivity contribution is -0.139. The van der Waals surface area contributed by atoms with Crippen molar-refractivity contribution in [2.45, 2.75) is 6.42 Å². The number of rotatable bonds is 3. The van der Waals surface area contributed by atoms with Gasteiger partial charge in [-0.3, -0.25) is 9.78 Å². The van der Waals surface area contributed by atoms with Gasteiger partial charge in [0.1, 0.15) is 0 Å². The average molecular weight is 286 g/mol. The number of carbonyl (C=O) groups is 1. The molecule has 5 heteroatoms. The van der Waals surface area contributed by atoms with Crippen molar-refractivity contribution in [2.24, 2.45) is 0 Å². The van der Waals surface area contributed by atoms with E-state index in [-0.39, 0.29) is 12.4 Å². The molecule has 0 saturated carbocycles. The number of aromatic nitrogens is 1. The Morgan fingerprint density at radius 3 is 2.90 bits per heavy atom. The molecule has 1 aromatic carbocycles. The summed E-state index contributed by atoms with van der Waals surface area (Å²) in [6.07, 6.45) is 2.18. The van der Waals surface area contributed by atoms with Crippen molar-refractivity contribution in [1.82, 2.24) is 4.98 Å². The lowest BCUT2D eigenvalue weighted by Gasteiger charge is -2.28. The maximum absolute atomic E-state index is 11.4. The first kappa shape index (κ1) is 13.8. The zero-order valence-electron chi connectivity index (χ0n) is 12.0. The van der Waals surface area contributed by atoms with Crippen LogP contribution in [0.4, 0.5) is 5.69 Å². The van der Waals surface area contributed by atoms with Gasteiger partial charge in [-0.15, -0.1) is 0 Å². The van der Waals surface area contributed by atoms with Crippen molar-refractivity contribution in [3.63, 3.8) is 0 Å². The summed E-state index contributed by atoms with van der Waals surface area (Å²) in [4.78, 5) is 18.1. The van der Waals surface area contributed by atoms with Crippen molar-refractivity contribution < 1.29 is 14.3 Å². The van der Waals surface area contributed by atoms with Crippen LogP contribution in [0.25, 0.3) is 10.9 Å². The van der Waals surface area contributed by atoms with Crippen molar-refractivity contribution in [1.29, 1.82) is 0 Å². The predicted molar refractivity (Wildman–Crippen MR) is 80.5 cm³/mol. The van der Waals surface area contributed by atoms with Gasteiger partial charge in [0.15, 0.2) is 0 Å². The van der Waals surface area contributed by atoms with E-state index in [0.717, 1.165) is 48.5 Å². The van der Waals surface area contributed by atoms with Crippen molar-refractivity contribution in [2.75, 3.05) is 38.3 Å². The fourth-order valence-corrected chi connectivity index (χ4v) is 2.51. The Kier molecular flexibility index (Phi) is 4.01. The molecule has 2 heterocycles. The maximum Gasteiger partial charge on any atom is 0.309 e. The summed E-state index contributed by atoms with van der Waals surface area (Å²) in [5.74, 6) is -0.230. The normalized spacial score (nSPS) is 15.2. The van der Waals surface area contributed by atoms with E-state index < -0.39 is 0 Å². The van der Waals surface area contributed by atoms with E-state index in [2.05, 4.69) is 16.0 Å². The van der Waals surface area contributed by atoms with Gasteiger partial charge in [0, 0.05) is 18.5 Å². The number of fused-ring (bicyclic) bond motifs is 1. The minimum atomic E-state index is -0.230. The van der Waals surface area contributed by atoms with Gasteiger partial charge in [-0.05, 0) is 23.8 Å². The Balaban J connectivity index is 1.89. The third-order valence-corrected chi connectivity index (χ3v) is 3.68. The van der Waals surface area contributed by atoms with E-state index in [1.807, 2.05) is 24.4 Å². The molecule has 0 bridgehead atoms. The molecule has 0 radical (unpaired) electrons. The van der Waals surface area contributed by atoms with E-state index in [1.165, 1.54) is 7.11 Å². The number of anilines is 1. The second kappa shape index (κ2) is 6.10. The number of hydrogen-bond acceptors (Lipinski definition) is 5. The number of carbonyl (C=O) groups excluding carboxylic acids is 1. The number of methoxy groups -OCH3 is 1. The van der Waals surface area contributed by atoms with Gasteiger partial charge < -0.3 is 14.4 Å². The highest BCUT2D eigenvalue weighted by Crippen LogP contribution is 2.22. The molecule has 110 valence electrons. The first-order valence-corrected chi connectivity index (χ1v) is 7.04. The molecule has 21 heavy (non-hydrogen) atoms. The van der Waals surface area contributed by atoms with E-state index in [1.54, 1.807) is 0 Å². The highest BCUT2D eigenvalue weighted by Gasteiger charge is 2.12. The van der Waals surface area contributed by atoms with E-state index in [0.29, 0.717) is 0 Å². The molecule has 0 aliphatic carbocycles. The Morgan fingerprint density at radius 2 is 2.14 bits per heavy atom. The summed E-state index contributed by atoms with van der Waals surface area (Å²) < 4.78 is 10.1. The number of esters is 1. The molecule has 5 nitrogen and oxygen atoms in total. The topological polar surface area (TPSA) is 51.7 Å². The average Bonchev–Trinajstić information content (AvgIpc) is 2.55. The number of hydrogen-bond donors (Lipinski definition) is 0. The largest absolute Gasteiger partial charge is 0.469 e. The Hall–Kier alpha value is -2.14. The number of benzene rings is 1. The van der Waals surface area contributed by atoms with Crippen LogP contribution in [0.1, 0.15) is 5.56 Å². The fourth-order valence-electron chi connectivity index (χ4n) is 2.51. The minimum Gasteiger partial charge on any atom is -0.469 e. The van der Waals surface area contributed by atoms with E-state index in [4.69, 9.17) is 9.47 Å². The van der Waals surface area contributed by atoms with Gasteiger partial charge in [-0.1, -0.05) is 6.07 Å². The number of morpholine rings is 1. The van der Waals surface area contributed by atoms with Crippen LogP contribution in [0.5, 0.6) is 0 Å². The number of nitrogens with zero attached hydrogens (tertiary/aromatic N) is 2. The molecule has 2 aromatic rings. The lowest BCUT2D eigenvalue weighted by Crippen LogP contribution is -2.36. The van der Waals surface area contributed by atoms with Crippen LogP contribution >= 0.6 is 0 Å². The standard InChI is InChI=1S/C16H18N2O3/c1-20-16(19)9-12-2-3-15-13(8-12)10-14(11-17-15)18-4-6-21-7-5-18/h2-3,8,10-11H,4-7,9H2,1H3. The van der Waals surface area contributed by atoms with Crippen LogP contribution in [0, 0.1) is 0 Å². The van der Waals surface area contributed by atoms with Gasteiger partial charge >= 0.3 is 5.97 Å². The molecule has 1 fully saturated rings. The van der Waals surface area contributed by atoms with Crippen molar-refractivity contribution in [3.8, 4) is 0 Å². The van der Waals surface area contributed by atoms with Crippen LogP contribution in [-0.4, -0.2) is 44.4 Å². The molecule has 0 unspecified atom stereocenters. The molecule has 1 saturated heterocycles. The summed E-state index contributed by atoms with van der Waals surface area (Å²) in [5.41, 5.74) is 2.97. The maximum atomic E-state index is 11.4. The SMILES string of the molecule is COC(=O)Cc1ccc2ncc(N3CCOCC3)cc2c1. The number of ether oxygens (including phenoxy) is 2. The zero-order valence-corrected chi connectivity index (χ0v) is 12.0. The third-order valence-electron chi connectivity index (χ3n) is 3.68. The predicted octanol–water partition coefficient (Wildman–Crippen LogP) is 1.79. The second-order valence-electron chi connectivity index (χ2n) is 5.07. The van der Waals surface area contributed by atoms with Crippen molar-refractivity contribution >= 4 is 22.6 Å². The van der Waals surface area contributed by atoms with Crippen LogP contribution in [0.15, 0.2) is 30.5 Å². The van der Waals surface area contributed by atoms with Gasteiger partial charge in [0.25, 0.3) is 0 Å². The highest BCUT2D eigenvalue weighted by atomic mass is 16.5. The second-order valence-corrected chi connectivity index (χ2v) is 5.07. The Morgan fingerprint density at radius 1 is 1.33 bits per heavy atom. The van der Waals surface area contributed by atoms with E-state index >= 15 is 0 Å². The summed E-state index contributed by atoms with van der Waals surface area (Å²) in [6.45, 7) is 3.27. The molecule has 0 atom stereocenters. The molecule has 1 aliphatic rings. The third kappa shape index (κ3) is 3.13. The molecule has 0 amide bonds. The summed E-state index contributed by atoms with van der Waals surface area (Å²) in [7, 11) is 1.40. The van der Waals surface area contributed by atoms with Crippen LogP contribution in [0.3, 0.4) is 0 Å². The first-order chi connectivity index (χ1) is 10.3. The summed E-state index contributed by atoms with van der Waals surface area (Å²) in [5, 5.41) is 1.04.